The first-order valence-electron chi connectivity index (χ1n) is 9.53. The summed E-state index contributed by atoms with van der Waals surface area (Å²) >= 11 is 12.9. The molecule has 2 aliphatic heterocycles. The smallest absolute Gasteiger partial charge is 0.293 e. The number of thioether (sulfide) groups is 1. The predicted octanol–water partition coefficient (Wildman–Crippen LogP) is 3.49. The maximum absolute atomic E-state index is 12.6. The van der Waals surface area contributed by atoms with Crippen LogP contribution in [0.5, 0.6) is 0 Å². The van der Waals surface area contributed by atoms with Gasteiger partial charge in [0.05, 0.1) is 11.4 Å². The molecule has 0 saturated carbocycles. The highest BCUT2D eigenvalue weighted by Crippen LogP contribution is 2.33. The maximum atomic E-state index is 12.6. The number of rotatable bonds is 6. The number of imide groups is 1. The molecule has 2 saturated heterocycles. The van der Waals surface area contributed by atoms with Crippen LogP contribution in [0, 0.1) is 18.3 Å². The summed E-state index contributed by atoms with van der Waals surface area (Å²) in [5, 5.41) is 3.36. The van der Waals surface area contributed by atoms with Gasteiger partial charge < -0.3 is 5.32 Å². The molecule has 1 aromatic rings. The van der Waals surface area contributed by atoms with E-state index in [-0.39, 0.29) is 35.1 Å². The Labute approximate surface area is 189 Å². The third-order valence-corrected chi connectivity index (χ3v) is 6.50. The van der Waals surface area contributed by atoms with Crippen LogP contribution in [0.4, 0.5) is 4.79 Å². The van der Waals surface area contributed by atoms with Crippen LogP contribution in [0.1, 0.15) is 18.4 Å². The summed E-state index contributed by atoms with van der Waals surface area (Å²) in [4.78, 5) is 40.8. The number of nitrogens with zero attached hydrogens (tertiary/aromatic N) is 2. The highest BCUT2D eigenvalue weighted by molar-refractivity contribution is 8.18. The van der Waals surface area contributed by atoms with E-state index in [1.54, 1.807) is 24.3 Å². The number of likely N-dealkylation sites (tertiary alicyclic amines) is 1. The predicted molar refractivity (Wildman–Crippen MR) is 120 cm³/mol. The number of carbonyl (C=O) groups is 3. The Morgan fingerprint density at radius 1 is 1.30 bits per heavy atom. The van der Waals surface area contributed by atoms with Crippen LogP contribution < -0.4 is 5.32 Å². The summed E-state index contributed by atoms with van der Waals surface area (Å²) in [6.07, 6.45) is 8.39. The fraction of sp³-hybridized carbons (Fsp3) is 0.381. The molecule has 0 aliphatic carbocycles. The average Bonchev–Trinajstić information content (AvgIpc) is 2.98. The van der Waals surface area contributed by atoms with Crippen LogP contribution in [-0.2, 0) is 9.59 Å². The van der Waals surface area contributed by atoms with E-state index in [4.69, 9.17) is 29.6 Å². The Hall–Kier alpha value is -1.98. The minimum atomic E-state index is -0.396. The van der Waals surface area contributed by atoms with Crippen molar-refractivity contribution in [3.05, 3.63) is 38.7 Å². The van der Waals surface area contributed by atoms with Crippen molar-refractivity contribution in [2.45, 2.75) is 12.8 Å². The molecule has 2 fully saturated rings. The zero-order chi connectivity index (χ0) is 21.7. The molecule has 2 aliphatic rings. The largest absolute Gasteiger partial charge is 0.354 e. The second kappa shape index (κ2) is 10.4. The van der Waals surface area contributed by atoms with Gasteiger partial charge >= 0.3 is 0 Å². The summed E-state index contributed by atoms with van der Waals surface area (Å²) in [7, 11) is 0. The van der Waals surface area contributed by atoms with Gasteiger partial charge in [-0.3, -0.25) is 24.2 Å². The highest BCUT2D eigenvalue weighted by Gasteiger charge is 2.35. The quantitative estimate of drug-likeness (QED) is 0.514. The van der Waals surface area contributed by atoms with Gasteiger partial charge in [0.2, 0.25) is 5.91 Å². The van der Waals surface area contributed by atoms with Gasteiger partial charge in [-0.05, 0) is 61.5 Å². The van der Waals surface area contributed by atoms with E-state index in [1.165, 1.54) is 0 Å². The molecule has 0 unspecified atom stereocenters. The first kappa shape index (κ1) is 22.7. The lowest BCUT2D eigenvalue weighted by atomic mass is 9.96. The van der Waals surface area contributed by atoms with Crippen molar-refractivity contribution in [3.63, 3.8) is 0 Å². The first-order valence-corrected chi connectivity index (χ1v) is 11.1. The number of terminal acetylenes is 1. The third kappa shape index (κ3) is 5.58. The molecule has 0 atom stereocenters. The minimum Gasteiger partial charge on any atom is -0.354 e. The minimum absolute atomic E-state index is 0.0502. The second-order valence-electron chi connectivity index (χ2n) is 7.04. The average molecular weight is 466 g/mol. The SMILES string of the molecule is C#CCN1CCC(C(=O)NCCN2C(=O)S/C(=C\c3ccc(Cl)cc3Cl)C2=O)CC1. The monoisotopic (exact) mass is 465 g/mol. The van der Waals surface area contributed by atoms with Gasteiger partial charge in [-0.1, -0.05) is 35.2 Å². The molecule has 2 heterocycles. The van der Waals surface area contributed by atoms with Crippen molar-refractivity contribution >= 4 is 58.1 Å². The summed E-state index contributed by atoms with van der Waals surface area (Å²) < 4.78 is 0. The number of nitrogens with one attached hydrogen (secondary N) is 1. The first-order chi connectivity index (χ1) is 14.4. The summed E-state index contributed by atoms with van der Waals surface area (Å²) in [5.41, 5.74) is 0.607. The van der Waals surface area contributed by atoms with Gasteiger partial charge in [-0.2, -0.15) is 0 Å². The van der Waals surface area contributed by atoms with Crippen molar-refractivity contribution < 1.29 is 14.4 Å². The zero-order valence-corrected chi connectivity index (χ0v) is 18.5. The van der Waals surface area contributed by atoms with Crippen LogP contribution in [-0.4, -0.2) is 59.6 Å². The van der Waals surface area contributed by atoms with Gasteiger partial charge in [0, 0.05) is 29.1 Å². The van der Waals surface area contributed by atoms with E-state index in [0.29, 0.717) is 22.2 Å². The van der Waals surface area contributed by atoms with E-state index in [1.807, 2.05) is 0 Å². The normalized spacial score (nSPS) is 19.4. The van der Waals surface area contributed by atoms with Crippen LogP contribution in [0.3, 0.4) is 0 Å². The lowest BCUT2D eigenvalue weighted by Gasteiger charge is -2.29. The van der Waals surface area contributed by atoms with Crippen LogP contribution in [0.15, 0.2) is 23.1 Å². The van der Waals surface area contributed by atoms with Crippen LogP contribution in [0.2, 0.25) is 10.0 Å². The number of piperidine rings is 1. The lowest BCUT2D eigenvalue weighted by Crippen LogP contribution is -2.43. The zero-order valence-electron chi connectivity index (χ0n) is 16.2. The van der Waals surface area contributed by atoms with Gasteiger partial charge in [-0.25, -0.2) is 0 Å². The van der Waals surface area contributed by atoms with E-state index in [2.05, 4.69) is 16.1 Å². The standard InChI is InChI=1S/C21H21Cl2N3O3S/c1-2-8-25-9-5-14(6-10-25)19(27)24-7-11-26-20(28)18(30-21(26)29)12-15-3-4-16(22)13-17(15)23/h1,3-4,12-14H,5-11H2,(H,24,27)/b18-12-. The molecule has 0 bridgehead atoms. The van der Waals surface area contributed by atoms with E-state index < -0.39 is 5.91 Å². The topological polar surface area (TPSA) is 69.7 Å². The maximum Gasteiger partial charge on any atom is 0.293 e. The number of hydrogen-bond acceptors (Lipinski definition) is 5. The highest BCUT2D eigenvalue weighted by atomic mass is 35.5. The molecule has 9 heteroatoms. The van der Waals surface area contributed by atoms with Crippen molar-refractivity contribution in [1.82, 2.24) is 15.1 Å². The Balaban J connectivity index is 1.51. The molecule has 1 N–H and O–H groups in total. The van der Waals surface area contributed by atoms with Crippen LogP contribution in [0.25, 0.3) is 6.08 Å². The van der Waals surface area contributed by atoms with Crippen molar-refractivity contribution in [1.29, 1.82) is 0 Å². The number of halogens is 2. The summed E-state index contributed by atoms with van der Waals surface area (Å²) in [6, 6.07) is 4.93. The van der Waals surface area contributed by atoms with Gasteiger partial charge in [0.15, 0.2) is 0 Å². The van der Waals surface area contributed by atoms with Crippen molar-refractivity contribution in [2.75, 3.05) is 32.7 Å². The number of benzene rings is 1. The molecule has 6 nitrogen and oxygen atoms in total. The summed E-state index contributed by atoms with van der Waals surface area (Å²) in [5.74, 6) is 2.10. The molecule has 0 aromatic heterocycles. The van der Waals surface area contributed by atoms with Gasteiger partial charge in [0.1, 0.15) is 0 Å². The Morgan fingerprint density at radius 3 is 2.70 bits per heavy atom. The van der Waals surface area contributed by atoms with Crippen molar-refractivity contribution in [2.24, 2.45) is 5.92 Å². The fourth-order valence-corrected chi connectivity index (χ4v) is 4.69. The number of hydrogen-bond donors (Lipinski definition) is 1. The van der Waals surface area contributed by atoms with Gasteiger partial charge in [-0.15, -0.1) is 6.42 Å². The Bertz CT molecular complexity index is 921. The Kier molecular flexibility index (Phi) is 7.84. The molecule has 3 amide bonds. The Morgan fingerprint density at radius 2 is 2.03 bits per heavy atom. The summed E-state index contributed by atoms with van der Waals surface area (Å²) in [6.45, 7) is 2.53. The molecule has 158 valence electrons. The number of amides is 3. The van der Waals surface area contributed by atoms with E-state index in [0.717, 1.165) is 42.6 Å². The van der Waals surface area contributed by atoms with E-state index >= 15 is 0 Å². The lowest BCUT2D eigenvalue weighted by molar-refractivity contribution is -0.127. The second-order valence-corrected chi connectivity index (χ2v) is 8.88. The third-order valence-electron chi connectivity index (χ3n) is 5.03. The molecule has 0 spiro atoms. The molecular weight excluding hydrogens is 445 g/mol. The number of carbonyl (C=O) groups excluding carboxylic acids is 3. The molecular formula is C21H21Cl2N3O3S. The molecule has 1 aromatic carbocycles. The molecule has 3 rings (SSSR count). The van der Waals surface area contributed by atoms with E-state index in [9.17, 15) is 14.4 Å². The molecule has 30 heavy (non-hydrogen) atoms. The molecule has 0 radical (unpaired) electrons. The fourth-order valence-electron chi connectivity index (χ4n) is 3.37. The van der Waals surface area contributed by atoms with Crippen LogP contribution >= 0.6 is 35.0 Å². The van der Waals surface area contributed by atoms with Crippen molar-refractivity contribution in [3.8, 4) is 12.3 Å². The van der Waals surface area contributed by atoms with Gasteiger partial charge in [0.25, 0.3) is 11.1 Å².